The highest BCUT2D eigenvalue weighted by atomic mass is 32.1. The van der Waals surface area contributed by atoms with E-state index < -0.39 is 0 Å². The molecule has 7 aromatic rings. The number of benzene rings is 6. The van der Waals surface area contributed by atoms with E-state index in [9.17, 15) is 0 Å². The zero-order valence-electron chi connectivity index (χ0n) is 45.6. The van der Waals surface area contributed by atoms with Crippen molar-refractivity contribution in [3.63, 3.8) is 0 Å². The third-order valence-corrected chi connectivity index (χ3v) is 18.7. The van der Waals surface area contributed by atoms with Gasteiger partial charge >= 0.3 is 0 Å². The first-order chi connectivity index (χ1) is 32.7. The Morgan fingerprint density at radius 2 is 0.871 bits per heavy atom. The van der Waals surface area contributed by atoms with E-state index in [2.05, 4.69) is 242 Å². The van der Waals surface area contributed by atoms with Crippen molar-refractivity contribution in [2.45, 2.75) is 187 Å². The van der Waals surface area contributed by atoms with Gasteiger partial charge < -0.3 is 9.80 Å². The predicted octanol–water partition coefficient (Wildman–Crippen LogP) is 20.2. The summed E-state index contributed by atoms with van der Waals surface area (Å²) in [4.78, 5) is 5.19. The number of hydrogen-bond donors (Lipinski definition) is 0. The van der Waals surface area contributed by atoms with Gasteiger partial charge in [0, 0.05) is 33.0 Å². The van der Waals surface area contributed by atoms with Crippen LogP contribution in [-0.2, 0) is 37.9 Å². The van der Waals surface area contributed by atoms with Crippen molar-refractivity contribution >= 4 is 54.9 Å². The van der Waals surface area contributed by atoms with Crippen LogP contribution in [0.4, 0.5) is 33.4 Å². The monoisotopic (exact) mass is 945 g/mol. The molecule has 364 valence electrons. The van der Waals surface area contributed by atoms with Gasteiger partial charge in [0.15, 0.2) is 0 Å². The molecule has 0 unspecified atom stereocenters. The standard InChI is InChI=1S/C67H80N2S/c1-43-34-49(68(47-23-25-52-55(40-47)65(11,12)30-28-62(52,5)6)48-24-26-53-56(41-48)66(13,14)31-29-63(53,7)8)39-50(35-43)69(58-27-22-46(61(2,3)4)38-51(58)44-20-18-17-19-21-44)60-37-45-36-54-57(42-59(45)70-60)67(15,16)33-32-64(54,9)10/h17-27,34-42H,28-33H2,1-16H3. The molecule has 0 saturated carbocycles. The Hall–Kier alpha value is -5.12. The van der Waals surface area contributed by atoms with Gasteiger partial charge in [-0.3, -0.25) is 0 Å². The Balaban J connectivity index is 1.25. The van der Waals surface area contributed by atoms with Crippen LogP contribution in [0.15, 0.2) is 121 Å². The molecule has 1 heterocycles. The molecule has 0 bridgehead atoms. The summed E-state index contributed by atoms with van der Waals surface area (Å²) >= 11 is 1.94. The molecular formula is C67H80N2S. The van der Waals surface area contributed by atoms with Crippen molar-refractivity contribution in [2.24, 2.45) is 0 Å². The molecule has 0 spiro atoms. The van der Waals surface area contributed by atoms with Gasteiger partial charge in [0.2, 0.25) is 0 Å². The lowest BCUT2D eigenvalue weighted by Crippen LogP contribution is -2.34. The summed E-state index contributed by atoms with van der Waals surface area (Å²) in [5.74, 6) is 0. The summed E-state index contributed by atoms with van der Waals surface area (Å²) in [5.41, 5.74) is 20.6. The van der Waals surface area contributed by atoms with Gasteiger partial charge in [-0.25, -0.2) is 0 Å². The van der Waals surface area contributed by atoms with Crippen LogP contribution in [0.25, 0.3) is 21.2 Å². The molecule has 10 rings (SSSR count). The van der Waals surface area contributed by atoms with Gasteiger partial charge in [-0.2, -0.15) is 0 Å². The minimum absolute atomic E-state index is 0.0164. The van der Waals surface area contributed by atoms with E-state index in [1.165, 1.54) is 132 Å². The lowest BCUT2D eigenvalue weighted by molar-refractivity contribution is 0.332. The van der Waals surface area contributed by atoms with Crippen LogP contribution in [0.5, 0.6) is 0 Å². The van der Waals surface area contributed by atoms with Gasteiger partial charge in [0.1, 0.15) is 5.00 Å². The number of anilines is 6. The summed E-state index contributed by atoms with van der Waals surface area (Å²) in [6.45, 7) is 38.7. The van der Waals surface area contributed by atoms with Gasteiger partial charge in [-0.05, 0) is 212 Å². The van der Waals surface area contributed by atoms with Crippen LogP contribution < -0.4 is 9.80 Å². The Bertz CT molecular complexity index is 3030. The van der Waals surface area contributed by atoms with Crippen molar-refractivity contribution < 1.29 is 0 Å². The summed E-state index contributed by atoms with van der Waals surface area (Å²) in [5, 5.41) is 2.56. The lowest BCUT2D eigenvalue weighted by atomic mass is 9.63. The number of thiophene rings is 1. The average Bonchev–Trinajstić information content (AvgIpc) is 3.71. The van der Waals surface area contributed by atoms with Crippen LogP contribution in [0.1, 0.15) is 187 Å². The van der Waals surface area contributed by atoms with Crippen LogP contribution in [0.2, 0.25) is 0 Å². The summed E-state index contributed by atoms with van der Waals surface area (Å²) < 4.78 is 1.35. The van der Waals surface area contributed by atoms with Crippen molar-refractivity contribution in [3.05, 3.63) is 166 Å². The second kappa shape index (κ2) is 16.5. The zero-order valence-corrected chi connectivity index (χ0v) is 46.4. The molecule has 6 aromatic carbocycles. The highest BCUT2D eigenvalue weighted by molar-refractivity contribution is 7.23. The number of fused-ring (bicyclic) bond motifs is 4. The van der Waals surface area contributed by atoms with Crippen molar-refractivity contribution in [3.8, 4) is 11.1 Å². The van der Waals surface area contributed by atoms with Crippen LogP contribution in [0.3, 0.4) is 0 Å². The Labute approximate surface area is 426 Å². The van der Waals surface area contributed by atoms with Crippen LogP contribution >= 0.6 is 11.3 Å². The molecule has 1 aromatic heterocycles. The van der Waals surface area contributed by atoms with Gasteiger partial charge in [0.25, 0.3) is 0 Å². The molecule has 0 atom stereocenters. The lowest BCUT2D eigenvalue weighted by Gasteiger charge is -2.43. The molecule has 70 heavy (non-hydrogen) atoms. The number of nitrogens with zero attached hydrogens (tertiary/aromatic N) is 2. The summed E-state index contributed by atoms with van der Waals surface area (Å²) in [6.07, 6.45) is 7.13. The van der Waals surface area contributed by atoms with E-state index in [1.807, 2.05) is 11.3 Å². The maximum Gasteiger partial charge on any atom is 0.101 e. The van der Waals surface area contributed by atoms with Crippen molar-refractivity contribution in [2.75, 3.05) is 9.80 Å². The maximum atomic E-state index is 2.60. The molecule has 0 amide bonds. The second-order valence-electron chi connectivity index (χ2n) is 26.8. The quantitative estimate of drug-likeness (QED) is 0.157. The minimum atomic E-state index is -0.0164. The average molecular weight is 945 g/mol. The molecule has 2 nitrogen and oxygen atoms in total. The summed E-state index contributed by atoms with van der Waals surface area (Å²) in [6, 6.07) is 48.2. The highest BCUT2D eigenvalue weighted by Crippen LogP contribution is 2.54. The third kappa shape index (κ3) is 8.44. The largest absolute Gasteiger partial charge is 0.310 e. The van der Waals surface area contributed by atoms with E-state index >= 15 is 0 Å². The first kappa shape index (κ1) is 48.5. The Morgan fingerprint density at radius 3 is 1.37 bits per heavy atom. The Kier molecular flexibility index (Phi) is 11.4. The van der Waals surface area contributed by atoms with Crippen LogP contribution in [0, 0.1) is 6.92 Å². The molecule has 0 aliphatic heterocycles. The number of aryl methyl sites for hydroxylation is 1. The normalized spacial score (nSPS) is 19.2. The van der Waals surface area contributed by atoms with Crippen molar-refractivity contribution in [1.82, 2.24) is 0 Å². The molecule has 0 fully saturated rings. The van der Waals surface area contributed by atoms with Gasteiger partial charge in [0.05, 0.1) is 5.69 Å². The molecule has 0 radical (unpaired) electrons. The zero-order chi connectivity index (χ0) is 50.1. The molecular weight excluding hydrogens is 865 g/mol. The first-order valence-electron chi connectivity index (χ1n) is 26.5. The maximum absolute atomic E-state index is 2.60. The fraction of sp³-hybridized carbons (Fsp3) is 0.433. The molecule has 0 saturated heterocycles. The van der Waals surface area contributed by atoms with Gasteiger partial charge in [-0.1, -0.05) is 152 Å². The molecule has 3 aliphatic rings. The van der Waals surface area contributed by atoms with E-state index in [4.69, 9.17) is 0 Å². The smallest absolute Gasteiger partial charge is 0.101 e. The third-order valence-electron chi connectivity index (χ3n) is 17.6. The Morgan fingerprint density at radius 1 is 0.414 bits per heavy atom. The number of hydrogen-bond acceptors (Lipinski definition) is 3. The molecule has 3 aliphatic carbocycles. The highest BCUT2D eigenvalue weighted by Gasteiger charge is 2.41. The van der Waals surface area contributed by atoms with Gasteiger partial charge in [-0.15, -0.1) is 11.3 Å². The van der Waals surface area contributed by atoms with Crippen LogP contribution in [-0.4, -0.2) is 0 Å². The van der Waals surface area contributed by atoms with E-state index in [-0.39, 0.29) is 37.9 Å². The molecule has 3 heteroatoms. The number of rotatable bonds is 7. The molecule has 0 N–H and O–H groups in total. The van der Waals surface area contributed by atoms with E-state index in [1.54, 1.807) is 0 Å². The predicted molar refractivity (Wildman–Crippen MR) is 306 cm³/mol. The second-order valence-corrected chi connectivity index (χ2v) is 27.9. The topological polar surface area (TPSA) is 6.48 Å². The fourth-order valence-electron chi connectivity index (χ4n) is 12.5. The van der Waals surface area contributed by atoms with Crippen molar-refractivity contribution in [1.29, 1.82) is 0 Å². The minimum Gasteiger partial charge on any atom is -0.310 e. The SMILES string of the molecule is Cc1cc(N(c2ccc3c(c2)C(C)(C)CCC3(C)C)c2ccc3c(c2)C(C)(C)CCC3(C)C)cc(N(c2cc3cc4c(cc3s2)C(C)(C)CCC4(C)C)c2ccc(C(C)(C)C)cc2-c2ccccc2)c1. The first-order valence-corrected chi connectivity index (χ1v) is 27.3. The fourth-order valence-corrected chi connectivity index (χ4v) is 13.6. The van der Waals surface area contributed by atoms with E-state index in [0.717, 1.165) is 5.69 Å². The summed E-state index contributed by atoms with van der Waals surface area (Å²) in [7, 11) is 0. The van der Waals surface area contributed by atoms with E-state index in [0.29, 0.717) is 0 Å².